The van der Waals surface area contributed by atoms with Crippen molar-refractivity contribution in [3.63, 3.8) is 0 Å². The molecule has 0 saturated carbocycles. The molecule has 3 rings (SSSR count). The third-order valence-electron chi connectivity index (χ3n) is 2.34. The Morgan fingerprint density at radius 2 is 1.04 bits per heavy atom. The molecular weight excluding hydrogens is 371 g/mol. The van der Waals surface area contributed by atoms with E-state index in [-0.39, 0.29) is 33.5 Å². The van der Waals surface area contributed by atoms with Gasteiger partial charge in [-0.15, -0.1) is 0 Å². The van der Waals surface area contributed by atoms with Gasteiger partial charge < -0.3 is 25.5 Å². The second kappa shape index (κ2) is 10.9. The van der Waals surface area contributed by atoms with E-state index in [1.165, 1.54) is 0 Å². The van der Waals surface area contributed by atoms with Crippen molar-refractivity contribution in [2.45, 2.75) is 0 Å². The fourth-order valence-corrected chi connectivity index (χ4v) is 1.68. The molecule has 0 atom stereocenters. The zero-order chi connectivity index (χ0) is 13.9. The van der Waals surface area contributed by atoms with Gasteiger partial charge in [0.1, 0.15) is 0 Å². The van der Waals surface area contributed by atoms with E-state index in [0.717, 1.165) is 21.8 Å². The summed E-state index contributed by atoms with van der Waals surface area (Å²) in [5.41, 5.74) is 1.95. The van der Waals surface area contributed by atoms with Gasteiger partial charge in [-0.1, -0.05) is 24.3 Å². The average Bonchev–Trinajstić information content (AvgIpc) is 2.37. The van der Waals surface area contributed by atoms with Gasteiger partial charge >= 0.3 is 17.1 Å². The smallest absolute Gasteiger partial charge is 0.759 e. The topological polar surface area (TPSA) is 205 Å². The molecule has 9 N–H and O–H groups in total. The van der Waals surface area contributed by atoms with Gasteiger partial charge in [-0.2, -0.15) is 0 Å². The van der Waals surface area contributed by atoms with Crippen LogP contribution in [0.1, 0.15) is 0 Å². The molecule has 127 valence electrons. The quantitative estimate of drug-likeness (QED) is 0.150. The fourth-order valence-electron chi connectivity index (χ4n) is 1.68. The summed E-state index contributed by atoms with van der Waals surface area (Å²) >= 11 is 0. The van der Waals surface area contributed by atoms with Crippen LogP contribution in [0, 0.1) is 0 Å². The van der Waals surface area contributed by atoms with Gasteiger partial charge in [0.05, 0.1) is 11.0 Å². The first kappa shape index (κ1) is 26.2. The molecule has 0 unspecified atom stereocenters. The minimum atomic E-state index is -5.17. The molecule has 0 amide bonds. The van der Waals surface area contributed by atoms with Crippen LogP contribution in [0.4, 0.5) is 0 Å². The van der Waals surface area contributed by atoms with E-state index in [2.05, 4.69) is 34.2 Å². The normalized spacial score (nSPS) is 9.13. The first-order chi connectivity index (χ1) is 8.95. The predicted molar refractivity (Wildman–Crippen MR) is 82.1 cm³/mol. The minimum absolute atomic E-state index is 0. The largest absolute Gasteiger partial charge is 2.00 e. The number of fused-ring (bicyclic) bond motifs is 3. The molecule has 0 aliphatic rings. The van der Waals surface area contributed by atoms with Crippen molar-refractivity contribution >= 4 is 32.2 Å². The number of aromatic nitrogens is 2. The zero-order valence-electron chi connectivity index (χ0n) is 11.7. The molecule has 9 nitrogen and oxygen atoms in total. The fraction of sp³-hybridized carbons (Fsp3) is 0. The van der Waals surface area contributed by atoms with Crippen LogP contribution in [0.15, 0.2) is 48.8 Å². The van der Waals surface area contributed by atoms with Gasteiger partial charge in [0.2, 0.25) is 0 Å². The van der Waals surface area contributed by atoms with E-state index in [4.69, 9.17) is 17.5 Å². The first-order valence-corrected chi connectivity index (χ1v) is 6.53. The van der Waals surface area contributed by atoms with Gasteiger partial charge in [-0.25, -0.2) is 0 Å². The summed E-state index contributed by atoms with van der Waals surface area (Å²) in [5.74, 6) is 0. The van der Waals surface area contributed by atoms with Crippen molar-refractivity contribution in [1.82, 2.24) is 9.97 Å². The summed E-state index contributed by atoms with van der Waals surface area (Å²) < 4.78 is 34.1. The van der Waals surface area contributed by atoms with Crippen molar-refractivity contribution in [2.75, 3.05) is 0 Å². The van der Waals surface area contributed by atoms with Crippen molar-refractivity contribution in [1.29, 1.82) is 0 Å². The summed E-state index contributed by atoms with van der Waals surface area (Å²) in [6, 6.07) is 12.1. The number of nitrogens with zero attached hydrogens (tertiary/aromatic N) is 2. The molecule has 0 bridgehead atoms. The van der Waals surface area contributed by atoms with Crippen molar-refractivity contribution in [3.8, 4) is 0 Å². The molecular formula is C12H17MnN2O7S+3. The maximum Gasteiger partial charge on any atom is 2.00 e. The molecule has 23 heavy (non-hydrogen) atoms. The maximum absolute atomic E-state index is 8.52. The van der Waals surface area contributed by atoms with Crippen LogP contribution in [0.5, 0.6) is 0 Å². The van der Waals surface area contributed by atoms with E-state index in [9.17, 15) is 0 Å². The Morgan fingerprint density at radius 1 is 0.739 bits per heavy atom. The molecule has 0 fully saturated rings. The summed E-state index contributed by atoms with van der Waals surface area (Å²) in [6.45, 7) is 0. The molecule has 1 aromatic carbocycles. The first-order valence-electron chi connectivity index (χ1n) is 5.20. The Balaban J connectivity index is -0.000000400. The van der Waals surface area contributed by atoms with Crippen LogP contribution in [-0.4, -0.2) is 27.5 Å². The molecule has 3 aromatic rings. The summed E-state index contributed by atoms with van der Waals surface area (Å²) in [4.78, 5) is 8.69. The molecule has 1 radical (unpaired) electrons. The second-order valence-electron chi connectivity index (χ2n) is 3.62. The van der Waals surface area contributed by atoms with Gasteiger partial charge in [-0.3, -0.25) is 18.4 Å². The van der Waals surface area contributed by atoms with Crippen molar-refractivity contribution < 1.29 is 51.0 Å². The van der Waals surface area contributed by atoms with Crippen LogP contribution < -0.4 is 0 Å². The van der Waals surface area contributed by atoms with Crippen LogP contribution in [0.25, 0.3) is 21.8 Å². The SMILES string of the molecule is O=S(=O)([O-])[O-].[Mn+2].[OH3+].[OH3+].[OH3+].c1cnc2c(c1)ccc1cccnc12. The number of pyridine rings is 2. The van der Waals surface area contributed by atoms with Crippen molar-refractivity contribution in [3.05, 3.63) is 48.8 Å². The molecule has 0 aliphatic carbocycles. The van der Waals surface area contributed by atoms with E-state index in [1.54, 1.807) is 12.4 Å². The Hall–Kier alpha value is -1.69. The van der Waals surface area contributed by atoms with E-state index < -0.39 is 10.4 Å². The number of rotatable bonds is 0. The Kier molecular flexibility index (Phi) is 12.5. The predicted octanol–water partition coefficient (Wildman–Crippen LogP) is -1.32. The van der Waals surface area contributed by atoms with Gasteiger partial charge in [-0.05, 0) is 12.1 Å². The van der Waals surface area contributed by atoms with Gasteiger partial charge in [0, 0.05) is 33.6 Å². The van der Waals surface area contributed by atoms with Crippen molar-refractivity contribution in [2.24, 2.45) is 0 Å². The van der Waals surface area contributed by atoms with E-state index >= 15 is 0 Å². The van der Waals surface area contributed by atoms with Crippen LogP contribution >= 0.6 is 0 Å². The second-order valence-corrected chi connectivity index (χ2v) is 4.44. The van der Waals surface area contributed by atoms with Gasteiger partial charge in [0.25, 0.3) is 0 Å². The van der Waals surface area contributed by atoms with Crippen LogP contribution in [0.2, 0.25) is 0 Å². The maximum atomic E-state index is 8.52. The monoisotopic (exact) mass is 388 g/mol. The molecule has 0 aliphatic heterocycles. The number of hydrogen-bond acceptors (Lipinski definition) is 6. The van der Waals surface area contributed by atoms with Crippen LogP contribution in [0.3, 0.4) is 0 Å². The van der Waals surface area contributed by atoms with E-state index in [0.29, 0.717) is 0 Å². The molecule has 0 saturated heterocycles. The van der Waals surface area contributed by atoms with Gasteiger partial charge in [0.15, 0.2) is 0 Å². The molecule has 2 heterocycles. The molecule has 2 aromatic heterocycles. The number of hydrogen-bond donors (Lipinski definition) is 0. The number of benzene rings is 1. The third-order valence-corrected chi connectivity index (χ3v) is 2.34. The average molecular weight is 388 g/mol. The Bertz CT molecular complexity index is 767. The summed E-state index contributed by atoms with van der Waals surface area (Å²) in [6.07, 6.45) is 3.60. The zero-order valence-corrected chi connectivity index (χ0v) is 13.7. The van der Waals surface area contributed by atoms with E-state index in [1.807, 2.05) is 12.1 Å². The molecule has 0 spiro atoms. The summed E-state index contributed by atoms with van der Waals surface area (Å²) in [7, 11) is -5.17. The van der Waals surface area contributed by atoms with Crippen LogP contribution in [-0.2, 0) is 43.9 Å². The minimum Gasteiger partial charge on any atom is -0.759 e. The standard InChI is InChI=1S/C12H8N2.Mn.H2O4S.3H2O/c1-3-9-5-6-10-4-2-8-14-12(10)11(9)13-7-1;;1-5(2,3)4;;;/h1-8H;;(H2,1,2,3,4);3*1H2/q;+2;;;;/p+1. The summed E-state index contributed by atoms with van der Waals surface area (Å²) in [5, 5.41) is 2.28. The Labute approximate surface area is 142 Å². The Morgan fingerprint density at radius 3 is 1.35 bits per heavy atom. The third kappa shape index (κ3) is 7.93. The molecule has 11 heteroatoms.